The van der Waals surface area contributed by atoms with Gasteiger partial charge in [0.25, 0.3) is 5.91 Å². The van der Waals surface area contributed by atoms with E-state index in [0.717, 1.165) is 35.7 Å². The Labute approximate surface area is 146 Å². The van der Waals surface area contributed by atoms with Crippen LogP contribution in [-0.4, -0.2) is 22.6 Å². The zero-order chi connectivity index (χ0) is 17.2. The summed E-state index contributed by atoms with van der Waals surface area (Å²) in [6.07, 6.45) is 4.33. The van der Waals surface area contributed by atoms with Gasteiger partial charge in [0.15, 0.2) is 0 Å². The van der Waals surface area contributed by atoms with Gasteiger partial charge >= 0.3 is 0 Å². The molecule has 1 aliphatic heterocycles. The molecular formula is C20H19N3O2. The average Bonchev–Trinajstić information content (AvgIpc) is 3.24. The average molecular weight is 333 g/mol. The minimum absolute atomic E-state index is 0.160. The van der Waals surface area contributed by atoms with Gasteiger partial charge in [-0.15, -0.1) is 0 Å². The third-order valence-electron chi connectivity index (χ3n) is 4.43. The molecule has 0 fully saturated rings. The number of benzene rings is 2. The summed E-state index contributed by atoms with van der Waals surface area (Å²) < 4.78 is 7.37. The van der Waals surface area contributed by atoms with Crippen LogP contribution in [0.3, 0.4) is 0 Å². The van der Waals surface area contributed by atoms with Gasteiger partial charge in [-0.05, 0) is 36.8 Å². The number of carbonyl (C=O) groups excluding carboxylic acids is 1. The van der Waals surface area contributed by atoms with Gasteiger partial charge in [-0.25, -0.2) is 4.98 Å². The monoisotopic (exact) mass is 333 g/mol. The maximum absolute atomic E-state index is 12.3. The Hall–Kier alpha value is -3.08. The molecular weight excluding hydrogens is 314 g/mol. The lowest BCUT2D eigenvalue weighted by molar-refractivity contribution is 0.102. The number of imidazole rings is 1. The summed E-state index contributed by atoms with van der Waals surface area (Å²) in [7, 11) is 1.58. The van der Waals surface area contributed by atoms with Crippen molar-refractivity contribution in [1.82, 2.24) is 9.55 Å². The summed E-state index contributed by atoms with van der Waals surface area (Å²) in [5.41, 5.74) is 3.36. The Morgan fingerprint density at radius 2 is 2.04 bits per heavy atom. The maximum Gasteiger partial charge on any atom is 0.255 e. The van der Waals surface area contributed by atoms with Crippen LogP contribution in [-0.2, 0) is 13.0 Å². The van der Waals surface area contributed by atoms with E-state index in [1.807, 2.05) is 30.3 Å². The van der Waals surface area contributed by atoms with Crippen LogP contribution in [0.1, 0.15) is 22.6 Å². The van der Waals surface area contributed by atoms with Crippen molar-refractivity contribution in [3.05, 3.63) is 66.1 Å². The van der Waals surface area contributed by atoms with Crippen molar-refractivity contribution in [2.75, 3.05) is 12.4 Å². The molecule has 0 atom stereocenters. The Bertz CT molecular complexity index is 891. The van der Waals surface area contributed by atoms with Crippen LogP contribution in [0, 0.1) is 0 Å². The normalized spacial score (nSPS) is 12.7. The van der Waals surface area contributed by atoms with Crippen LogP contribution in [0.25, 0.3) is 11.3 Å². The molecule has 4 rings (SSSR count). The van der Waals surface area contributed by atoms with Gasteiger partial charge in [-0.2, -0.15) is 0 Å². The first-order valence-electron chi connectivity index (χ1n) is 8.35. The largest absolute Gasteiger partial charge is 0.497 e. The second-order valence-corrected chi connectivity index (χ2v) is 6.10. The van der Waals surface area contributed by atoms with Crippen molar-refractivity contribution in [2.45, 2.75) is 19.4 Å². The van der Waals surface area contributed by atoms with Gasteiger partial charge in [-0.1, -0.05) is 18.2 Å². The smallest absolute Gasteiger partial charge is 0.255 e. The third kappa shape index (κ3) is 3.13. The van der Waals surface area contributed by atoms with Gasteiger partial charge in [0.1, 0.15) is 11.6 Å². The number of ether oxygens (including phenoxy) is 1. The highest BCUT2D eigenvalue weighted by molar-refractivity contribution is 6.04. The Kier molecular flexibility index (Phi) is 3.98. The summed E-state index contributed by atoms with van der Waals surface area (Å²) in [5.74, 6) is 1.66. The van der Waals surface area contributed by atoms with Gasteiger partial charge < -0.3 is 14.6 Å². The molecule has 0 unspecified atom stereocenters. The highest BCUT2D eigenvalue weighted by Gasteiger charge is 2.14. The number of rotatable bonds is 4. The summed E-state index contributed by atoms with van der Waals surface area (Å²) in [5, 5.41) is 2.91. The number of fused-ring (bicyclic) bond motifs is 1. The molecule has 2 heterocycles. The van der Waals surface area contributed by atoms with Crippen LogP contribution < -0.4 is 10.1 Å². The molecule has 5 nitrogen and oxygen atoms in total. The third-order valence-corrected chi connectivity index (χ3v) is 4.43. The van der Waals surface area contributed by atoms with Crippen molar-refractivity contribution in [3.8, 4) is 17.0 Å². The fraction of sp³-hybridized carbons (Fsp3) is 0.200. The summed E-state index contributed by atoms with van der Waals surface area (Å²) in [4.78, 5) is 17.0. The van der Waals surface area contributed by atoms with E-state index in [0.29, 0.717) is 11.3 Å². The van der Waals surface area contributed by atoms with Gasteiger partial charge in [-0.3, -0.25) is 4.79 Å². The standard InChI is InChI=1S/C20H19N3O2/c1-25-17-5-2-4-15(12-17)20(24)21-16-9-7-14(8-10-16)18-13-23-11-3-6-19(23)22-18/h2,4-5,7-10,12-13H,3,6,11H2,1H3,(H,21,24). The lowest BCUT2D eigenvalue weighted by Gasteiger charge is -2.07. The molecule has 0 aliphatic carbocycles. The Balaban J connectivity index is 1.49. The highest BCUT2D eigenvalue weighted by atomic mass is 16.5. The number of aromatic nitrogens is 2. The molecule has 1 amide bonds. The van der Waals surface area contributed by atoms with Gasteiger partial charge in [0.2, 0.25) is 0 Å². The second-order valence-electron chi connectivity index (χ2n) is 6.10. The number of hydrogen-bond acceptors (Lipinski definition) is 3. The summed E-state index contributed by atoms with van der Waals surface area (Å²) in [6, 6.07) is 14.9. The van der Waals surface area contributed by atoms with Crippen molar-refractivity contribution >= 4 is 11.6 Å². The van der Waals surface area contributed by atoms with E-state index < -0.39 is 0 Å². The van der Waals surface area contributed by atoms with Crippen molar-refractivity contribution < 1.29 is 9.53 Å². The molecule has 5 heteroatoms. The molecule has 0 bridgehead atoms. The number of nitrogens with one attached hydrogen (secondary N) is 1. The molecule has 0 saturated carbocycles. The van der Waals surface area contributed by atoms with Gasteiger partial charge in [0, 0.05) is 36.0 Å². The molecule has 1 aromatic heterocycles. The number of amides is 1. The van der Waals surface area contributed by atoms with E-state index in [-0.39, 0.29) is 5.91 Å². The highest BCUT2D eigenvalue weighted by Crippen LogP contribution is 2.24. The van der Waals surface area contributed by atoms with E-state index in [9.17, 15) is 4.79 Å². The topological polar surface area (TPSA) is 56.1 Å². The number of anilines is 1. The minimum atomic E-state index is -0.160. The number of carbonyl (C=O) groups is 1. The van der Waals surface area contributed by atoms with E-state index in [1.165, 1.54) is 6.42 Å². The first-order valence-corrected chi connectivity index (χ1v) is 8.35. The summed E-state index contributed by atoms with van der Waals surface area (Å²) >= 11 is 0. The van der Waals surface area contributed by atoms with Crippen molar-refractivity contribution in [3.63, 3.8) is 0 Å². The molecule has 3 aromatic rings. The van der Waals surface area contributed by atoms with Gasteiger partial charge in [0.05, 0.1) is 12.8 Å². The second kappa shape index (κ2) is 6.43. The molecule has 126 valence electrons. The van der Waals surface area contributed by atoms with E-state index in [1.54, 1.807) is 25.3 Å². The Morgan fingerprint density at radius 1 is 1.20 bits per heavy atom. The first kappa shape index (κ1) is 15.4. The first-order chi connectivity index (χ1) is 12.2. The molecule has 1 aliphatic rings. The minimum Gasteiger partial charge on any atom is -0.497 e. The SMILES string of the molecule is COc1cccc(C(=O)Nc2ccc(-c3cn4c(n3)CCC4)cc2)c1. The maximum atomic E-state index is 12.3. The zero-order valence-electron chi connectivity index (χ0n) is 14.0. The van der Waals surface area contributed by atoms with E-state index in [4.69, 9.17) is 4.74 Å². The molecule has 0 saturated heterocycles. The van der Waals surface area contributed by atoms with Crippen LogP contribution >= 0.6 is 0 Å². The predicted molar refractivity (Wildman–Crippen MR) is 96.9 cm³/mol. The number of methoxy groups -OCH3 is 1. The van der Waals surface area contributed by atoms with E-state index in [2.05, 4.69) is 21.1 Å². The summed E-state index contributed by atoms with van der Waals surface area (Å²) in [6.45, 7) is 1.05. The van der Waals surface area contributed by atoms with Crippen LogP contribution in [0.4, 0.5) is 5.69 Å². The van der Waals surface area contributed by atoms with Crippen LogP contribution in [0.15, 0.2) is 54.7 Å². The fourth-order valence-electron chi connectivity index (χ4n) is 3.09. The predicted octanol–water partition coefficient (Wildman–Crippen LogP) is 3.76. The van der Waals surface area contributed by atoms with E-state index >= 15 is 0 Å². The molecule has 2 aromatic carbocycles. The Morgan fingerprint density at radius 3 is 2.80 bits per heavy atom. The lowest BCUT2D eigenvalue weighted by Crippen LogP contribution is -2.11. The quantitative estimate of drug-likeness (QED) is 0.791. The molecule has 0 spiro atoms. The number of hydrogen-bond donors (Lipinski definition) is 1. The number of nitrogens with zero attached hydrogens (tertiary/aromatic N) is 2. The van der Waals surface area contributed by atoms with Crippen LogP contribution in [0.2, 0.25) is 0 Å². The molecule has 1 N–H and O–H groups in total. The molecule has 0 radical (unpaired) electrons. The zero-order valence-corrected chi connectivity index (χ0v) is 14.0. The van der Waals surface area contributed by atoms with Crippen LogP contribution in [0.5, 0.6) is 5.75 Å². The number of aryl methyl sites for hydroxylation is 2. The van der Waals surface area contributed by atoms with Crippen molar-refractivity contribution in [1.29, 1.82) is 0 Å². The fourth-order valence-corrected chi connectivity index (χ4v) is 3.09. The molecule has 25 heavy (non-hydrogen) atoms. The lowest BCUT2D eigenvalue weighted by atomic mass is 10.1. The van der Waals surface area contributed by atoms with Crippen molar-refractivity contribution in [2.24, 2.45) is 0 Å².